The van der Waals surface area contributed by atoms with Crippen molar-refractivity contribution < 1.29 is 13.2 Å². The van der Waals surface area contributed by atoms with Crippen LogP contribution in [0.1, 0.15) is 33.6 Å². The molecule has 1 aliphatic heterocycles. The maximum atomic E-state index is 11.7. The van der Waals surface area contributed by atoms with Crippen molar-refractivity contribution in [3.63, 3.8) is 0 Å². The summed E-state index contributed by atoms with van der Waals surface area (Å²) in [6.45, 7) is 5.36. The van der Waals surface area contributed by atoms with Gasteiger partial charge in [0.05, 0.1) is 6.26 Å². The SMILES string of the molecule is CCC1(CC)NC(=O)[C@H](C)N1S(C)(=O)=O. The molecule has 15 heavy (non-hydrogen) atoms. The third-order valence-corrected chi connectivity index (χ3v) is 4.42. The lowest BCUT2D eigenvalue weighted by molar-refractivity contribution is -0.120. The number of nitrogens with one attached hydrogen (secondary N) is 1. The number of hydrogen-bond donors (Lipinski definition) is 1. The fourth-order valence-electron chi connectivity index (χ4n) is 2.21. The van der Waals surface area contributed by atoms with Gasteiger partial charge in [0.15, 0.2) is 0 Å². The molecule has 1 fully saturated rings. The standard InChI is InChI=1S/C9H18N2O3S/c1-5-9(6-2)10-8(12)7(3)11(9)15(4,13)14/h7H,5-6H2,1-4H3,(H,10,12)/t7-/m0/s1. The van der Waals surface area contributed by atoms with E-state index in [2.05, 4.69) is 5.32 Å². The largest absolute Gasteiger partial charge is 0.336 e. The van der Waals surface area contributed by atoms with Gasteiger partial charge in [0.2, 0.25) is 15.9 Å². The van der Waals surface area contributed by atoms with Crippen molar-refractivity contribution in [1.29, 1.82) is 0 Å². The molecule has 0 spiro atoms. The van der Waals surface area contributed by atoms with Crippen LogP contribution in [0.25, 0.3) is 0 Å². The van der Waals surface area contributed by atoms with Crippen LogP contribution >= 0.6 is 0 Å². The molecule has 0 bridgehead atoms. The highest BCUT2D eigenvalue weighted by molar-refractivity contribution is 7.88. The Morgan fingerprint density at radius 1 is 1.40 bits per heavy atom. The molecule has 1 heterocycles. The molecule has 1 amide bonds. The molecule has 0 aromatic rings. The molecule has 1 rings (SSSR count). The number of rotatable bonds is 3. The Morgan fingerprint density at radius 2 is 1.87 bits per heavy atom. The van der Waals surface area contributed by atoms with E-state index in [1.54, 1.807) is 6.92 Å². The topological polar surface area (TPSA) is 66.5 Å². The summed E-state index contributed by atoms with van der Waals surface area (Å²) in [5.74, 6) is -0.218. The highest BCUT2D eigenvalue weighted by atomic mass is 32.2. The van der Waals surface area contributed by atoms with Crippen molar-refractivity contribution in [3.8, 4) is 0 Å². The molecule has 1 N–H and O–H groups in total. The zero-order valence-electron chi connectivity index (χ0n) is 9.57. The normalized spacial score (nSPS) is 26.7. The first-order valence-corrected chi connectivity index (χ1v) is 6.95. The lowest BCUT2D eigenvalue weighted by Crippen LogP contribution is -2.53. The summed E-state index contributed by atoms with van der Waals surface area (Å²) in [6, 6.07) is -0.611. The molecular weight excluding hydrogens is 216 g/mol. The van der Waals surface area contributed by atoms with Crippen molar-refractivity contribution in [2.24, 2.45) is 0 Å². The van der Waals surface area contributed by atoms with Gasteiger partial charge in [-0.25, -0.2) is 8.42 Å². The maximum absolute atomic E-state index is 11.7. The first kappa shape index (κ1) is 12.4. The van der Waals surface area contributed by atoms with Crippen LogP contribution < -0.4 is 5.32 Å². The first-order valence-electron chi connectivity index (χ1n) is 5.10. The van der Waals surface area contributed by atoms with E-state index in [4.69, 9.17) is 0 Å². The summed E-state index contributed by atoms with van der Waals surface area (Å²) in [5.41, 5.74) is -0.732. The second kappa shape index (κ2) is 3.75. The average molecular weight is 234 g/mol. The van der Waals surface area contributed by atoms with Crippen LogP contribution in [-0.2, 0) is 14.8 Å². The van der Waals surface area contributed by atoms with Gasteiger partial charge in [-0.05, 0) is 19.8 Å². The van der Waals surface area contributed by atoms with Crippen molar-refractivity contribution in [3.05, 3.63) is 0 Å². The van der Waals surface area contributed by atoms with Gasteiger partial charge in [-0.2, -0.15) is 4.31 Å². The molecule has 6 heteroatoms. The highest BCUT2D eigenvalue weighted by Crippen LogP contribution is 2.31. The molecule has 0 aliphatic carbocycles. The molecule has 0 saturated carbocycles. The van der Waals surface area contributed by atoms with Crippen LogP contribution in [0.4, 0.5) is 0 Å². The van der Waals surface area contributed by atoms with Gasteiger partial charge in [0, 0.05) is 0 Å². The minimum Gasteiger partial charge on any atom is -0.336 e. The van der Waals surface area contributed by atoms with Gasteiger partial charge in [0.25, 0.3) is 0 Å². The van der Waals surface area contributed by atoms with Gasteiger partial charge in [-0.3, -0.25) is 4.79 Å². The fraction of sp³-hybridized carbons (Fsp3) is 0.889. The summed E-state index contributed by atoms with van der Waals surface area (Å²) in [6.07, 6.45) is 2.29. The van der Waals surface area contributed by atoms with Crippen molar-refractivity contribution in [1.82, 2.24) is 9.62 Å². The lowest BCUT2D eigenvalue weighted by atomic mass is 10.1. The molecule has 5 nitrogen and oxygen atoms in total. The van der Waals surface area contributed by atoms with Crippen LogP contribution in [0.5, 0.6) is 0 Å². The van der Waals surface area contributed by atoms with E-state index in [0.717, 1.165) is 6.26 Å². The van der Waals surface area contributed by atoms with Crippen molar-refractivity contribution in [2.75, 3.05) is 6.26 Å². The summed E-state index contributed by atoms with van der Waals surface area (Å²) in [4.78, 5) is 11.5. The van der Waals surface area contributed by atoms with Crippen LogP contribution in [0.2, 0.25) is 0 Å². The predicted molar refractivity (Wildman–Crippen MR) is 57.6 cm³/mol. The second-order valence-electron chi connectivity index (χ2n) is 3.96. The van der Waals surface area contributed by atoms with Gasteiger partial charge >= 0.3 is 0 Å². The Labute approximate surface area is 90.9 Å². The molecule has 88 valence electrons. The maximum Gasteiger partial charge on any atom is 0.239 e. The van der Waals surface area contributed by atoms with E-state index in [-0.39, 0.29) is 5.91 Å². The van der Waals surface area contributed by atoms with Crippen molar-refractivity contribution in [2.45, 2.75) is 45.3 Å². The summed E-state index contributed by atoms with van der Waals surface area (Å²) < 4.78 is 24.6. The monoisotopic (exact) mass is 234 g/mol. The minimum absolute atomic E-state index is 0.218. The second-order valence-corrected chi connectivity index (χ2v) is 5.82. The lowest BCUT2D eigenvalue weighted by Gasteiger charge is -2.35. The molecular formula is C9H18N2O3S. The van der Waals surface area contributed by atoms with E-state index in [1.165, 1.54) is 4.31 Å². The third kappa shape index (κ3) is 1.88. The van der Waals surface area contributed by atoms with E-state index in [1.807, 2.05) is 13.8 Å². The summed E-state index contributed by atoms with van der Waals surface area (Å²) >= 11 is 0. The quantitative estimate of drug-likeness (QED) is 0.763. The van der Waals surface area contributed by atoms with Crippen LogP contribution in [0, 0.1) is 0 Å². The molecule has 1 saturated heterocycles. The van der Waals surface area contributed by atoms with Crippen LogP contribution in [0.15, 0.2) is 0 Å². The number of sulfonamides is 1. The van der Waals surface area contributed by atoms with Crippen LogP contribution in [-0.4, -0.2) is 36.6 Å². The van der Waals surface area contributed by atoms with E-state index >= 15 is 0 Å². The van der Waals surface area contributed by atoms with Gasteiger partial charge in [0.1, 0.15) is 11.7 Å². The molecule has 1 atom stereocenters. The average Bonchev–Trinajstić information content (AvgIpc) is 2.39. The van der Waals surface area contributed by atoms with Gasteiger partial charge in [-0.15, -0.1) is 0 Å². The number of nitrogens with zero attached hydrogens (tertiary/aromatic N) is 1. The van der Waals surface area contributed by atoms with Gasteiger partial charge < -0.3 is 5.32 Å². The smallest absolute Gasteiger partial charge is 0.239 e. The van der Waals surface area contributed by atoms with Gasteiger partial charge in [-0.1, -0.05) is 13.8 Å². The number of amides is 1. The van der Waals surface area contributed by atoms with E-state index in [9.17, 15) is 13.2 Å². The number of hydrogen-bond acceptors (Lipinski definition) is 3. The highest BCUT2D eigenvalue weighted by Gasteiger charge is 2.51. The van der Waals surface area contributed by atoms with E-state index in [0.29, 0.717) is 12.8 Å². The number of carbonyl (C=O) groups excluding carboxylic acids is 1. The molecule has 0 unspecified atom stereocenters. The Balaban J connectivity index is 3.24. The molecule has 0 radical (unpaired) electrons. The first-order chi connectivity index (χ1) is 6.78. The molecule has 0 aromatic heterocycles. The molecule has 0 aromatic carbocycles. The fourth-order valence-corrected chi connectivity index (χ4v) is 3.82. The van der Waals surface area contributed by atoms with Crippen LogP contribution in [0.3, 0.4) is 0 Å². The predicted octanol–water partition coefficient (Wildman–Crippen LogP) is 0.283. The number of carbonyl (C=O) groups is 1. The Kier molecular flexibility index (Phi) is 3.11. The Hall–Kier alpha value is -0.620. The summed E-state index contributed by atoms with van der Waals surface area (Å²) in [7, 11) is -3.37. The minimum atomic E-state index is -3.37. The Bertz CT molecular complexity index is 360. The zero-order valence-corrected chi connectivity index (χ0v) is 10.4. The summed E-state index contributed by atoms with van der Waals surface area (Å²) in [5, 5.41) is 2.78. The molecule has 1 aliphatic rings. The third-order valence-electron chi connectivity index (χ3n) is 3.04. The Morgan fingerprint density at radius 3 is 2.13 bits per heavy atom. The zero-order chi connectivity index (χ0) is 11.9. The van der Waals surface area contributed by atoms with E-state index < -0.39 is 21.7 Å². The van der Waals surface area contributed by atoms with Crippen molar-refractivity contribution >= 4 is 15.9 Å².